The molecule has 0 bridgehead atoms. The van der Waals surface area contributed by atoms with Gasteiger partial charge >= 0.3 is 0 Å². The molecule has 2 aromatic rings. The van der Waals surface area contributed by atoms with E-state index in [1.54, 1.807) is 20.8 Å². The Bertz CT molecular complexity index is 1450. The number of unbranched alkanes of at least 4 members (excludes halogenated alkanes) is 2. The first-order valence-corrected chi connectivity index (χ1v) is 16.7. The van der Waals surface area contributed by atoms with E-state index in [9.17, 15) is 18.4 Å². The lowest BCUT2D eigenvalue weighted by atomic mass is 10.0. The van der Waals surface area contributed by atoms with Crippen molar-refractivity contribution in [3.05, 3.63) is 101 Å². The van der Waals surface area contributed by atoms with Crippen molar-refractivity contribution in [3.8, 4) is 5.75 Å². The fourth-order valence-electron chi connectivity index (χ4n) is 3.88. The Hall–Kier alpha value is -4.37. The number of hydrogen-bond acceptors (Lipinski definition) is 7. The van der Waals surface area contributed by atoms with Gasteiger partial charge in [-0.05, 0) is 108 Å². The fourth-order valence-corrected chi connectivity index (χ4v) is 3.88. The van der Waals surface area contributed by atoms with Gasteiger partial charge < -0.3 is 21.5 Å². The third kappa shape index (κ3) is 19.3. The third-order valence-electron chi connectivity index (χ3n) is 6.80. The molecule has 272 valence electrons. The molecule has 0 radical (unpaired) electrons. The summed E-state index contributed by atoms with van der Waals surface area (Å²) in [5, 5.41) is 3.34. The van der Waals surface area contributed by atoms with Crippen LogP contribution in [0.5, 0.6) is 5.75 Å². The molecule has 0 saturated carbocycles. The number of aryl methyl sites for hydroxylation is 1. The van der Waals surface area contributed by atoms with Crippen molar-refractivity contribution in [2.75, 3.05) is 12.4 Å². The summed E-state index contributed by atoms with van der Waals surface area (Å²) in [7, 11) is 1.29. The number of Topliss-reactive ketones (excluding diaryl/α,β-unsaturated/α-hetero) is 2. The molecular weight excluding hydrogens is 622 g/mol. The van der Waals surface area contributed by atoms with Crippen LogP contribution in [-0.4, -0.2) is 30.4 Å². The monoisotopic (exact) mass is 682 g/mol. The second-order valence-electron chi connectivity index (χ2n) is 11.3. The normalized spacial score (nSPS) is 12.0. The maximum Gasteiger partial charge on any atom is 0.201 e. The number of ketones is 2. The second-order valence-corrected chi connectivity index (χ2v) is 11.3. The summed E-state index contributed by atoms with van der Waals surface area (Å²) in [4.78, 5) is 26.5. The summed E-state index contributed by atoms with van der Waals surface area (Å²) in [5.41, 5.74) is 15.3. The molecule has 7 nitrogen and oxygen atoms in total. The van der Waals surface area contributed by atoms with E-state index in [0.29, 0.717) is 22.5 Å². The van der Waals surface area contributed by atoms with E-state index >= 15 is 0 Å². The number of carbonyl (C=O) groups is 2. The van der Waals surface area contributed by atoms with Crippen LogP contribution in [0.3, 0.4) is 0 Å². The number of nitrogens with zero attached hydrogens (tertiary/aromatic N) is 1. The van der Waals surface area contributed by atoms with Gasteiger partial charge in [-0.1, -0.05) is 65.7 Å². The van der Waals surface area contributed by atoms with Gasteiger partial charge in [-0.2, -0.15) is 4.39 Å². The molecule has 2 aromatic carbocycles. The Kier molecular flexibility index (Phi) is 25.3. The van der Waals surface area contributed by atoms with Crippen molar-refractivity contribution in [3.63, 3.8) is 0 Å². The van der Waals surface area contributed by atoms with Gasteiger partial charge in [0.2, 0.25) is 5.82 Å². The number of rotatable bonds is 13. The lowest BCUT2D eigenvalue weighted by Gasteiger charge is -2.13. The van der Waals surface area contributed by atoms with E-state index in [0.717, 1.165) is 29.8 Å². The number of hydrogen-bond donors (Lipinski definition) is 3. The van der Waals surface area contributed by atoms with Gasteiger partial charge in [0.15, 0.2) is 17.3 Å². The molecule has 0 aliphatic carbocycles. The van der Waals surface area contributed by atoms with Gasteiger partial charge in [0.05, 0.1) is 24.6 Å². The van der Waals surface area contributed by atoms with Crippen molar-refractivity contribution in [2.24, 2.45) is 16.5 Å². The van der Waals surface area contributed by atoms with Gasteiger partial charge in [-0.3, -0.25) is 14.6 Å². The van der Waals surface area contributed by atoms with Gasteiger partial charge in [0, 0.05) is 23.0 Å². The molecule has 9 heteroatoms. The summed E-state index contributed by atoms with van der Waals surface area (Å²) in [6.45, 7) is 21.9. The predicted octanol–water partition coefficient (Wildman–Crippen LogP) is 10.1. The van der Waals surface area contributed by atoms with E-state index in [1.807, 2.05) is 64.1 Å². The Balaban J connectivity index is 0. The number of halogens is 2. The SMILES string of the molecule is C=C(C)N.CCC(N)C(C)=O.CCCCC.C\C=C/C=C(Nc1ccc(C(C)=O)c(CC)c1)\C(C)=N\C=C(/C)c1ccc(OC)c(F)c1F. The van der Waals surface area contributed by atoms with Crippen molar-refractivity contribution >= 4 is 28.5 Å². The maximum absolute atomic E-state index is 14.4. The number of methoxy groups -OCH3 is 1. The highest BCUT2D eigenvalue weighted by atomic mass is 19.2. The van der Waals surface area contributed by atoms with Crippen LogP contribution in [0.15, 0.2) is 77.7 Å². The molecule has 2 rings (SSSR count). The molecule has 1 atom stereocenters. The van der Waals surface area contributed by atoms with Crippen LogP contribution in [-0.2, 0) is 11.2 Å². The average molecular weight is 683 g/mol. The number of ether oxygens (including phenoxy) is 1. The Morgan fingerprint density at radius 1 is 0.980 bits per heavy atom. The first-order chi connectivity index (χ1) is 23.1. The van der Waals surface area contributed by atoms with E-state index in [4.69, 9.17) is 16.2 Å². The Labute approximate surface area is 294 Å². The minimum Gasteiger partial charge on any atom is -0.494 e. The largest absolute Gasteiger partial charge is 0.494 e. The zero-order valence-electron chi connectivity index (χ0n) is 31.6. The maximum atomic E-state index is 14.4. The fraction of sp³-hybridized carbons (Fsp3) is 0.425. The predicted molar refractivity (Wildman–Crippen MR) is 205 cm³/mol. The van der Waals surface area contributed by atoms with Crippen molar-refractivity contribution in [2.45, 2.75) is 107 Å². The molecule has 0 spiro atoms. The van der Waals surface area contributed by atoms with Crippen LogP contribution in [0.4, 0.5) is 14.5 Å². The number of benzene rings is 2. The molecule has 0 saturated heterocycles. The van der Waals surface area contributed by atoms with Crippen LogP contribution >= 0.6 is 0 Å². The summed E-state index contributed by atoms with van der Waals surface area (Å²) in [6, 6.07) is 8.23. The topological polar surface area (TPSA) is 120 Å². The standard InChI is InChI=1S/C27H30F2N2O2.C5H11NO.C5H12.C3H7N/c1-7-9-10-24(31-21-11-12-23(19(5)32)20(8-2)15-21)18(4)30-16-17(3)22-13-14-25(33-6)27(29)26(22)28;1-3-5(6)4(2)7;1-3-5-4-2;1-3(2)4/h7,9-16,31H,8H2,1-6H3;5H,3,6H2,1-2H3;3-5H2,1-2H3;1,4H2,2H3/b9-7-,17-16+,24-10+,30-18+;;;. The minimum atomic E-state index is -1.03. The molecule has 1 unspecified atom stereocenters. The molecule has 0 aliphatic heterocycles. The van der Waals surface area contributed by atoms with Gasteiger partial charge in [-0.15, -0.1) is 0 Å². The summed E-state index contributed by atoms with van der Waals surface area (Å²) >= 11 is 0. The van der Waals surface area contributed by atoms with Crippen LogP contribution in [0.25, 0.3) is 5.57 Å². The van der Waals surface area contributed by atoms with E-state index < -0.39 is 11.6 Å². The average Bonchev–Trinajstić information content (AvgIpc) is 3.06. The van der Waals surface area contributed by atoms with Crippen LogP contribution in [0, 0.1) is 11.6 Å². The smallest absolute Gasteiger partial charge is 0.201 e. The molecule has 49 heavy (non-hydrogen) atoms. The Morgan fingerprint density at radius 3 is 1.96 bits per heavy atom. The summed E-state index contributed by atoms with van der Waals surface area (Å²) in [5.74, 6) is -2.05. The summed E-state index contributed by atoms with van der Waals surface area (Å²) < 4.78 is 33.3. The van der Waals surface area contributed by atoms with Crippen LogP contribution < -0.4 is 21.5 Å². The van der Waals surface area contributed by atoms with Crippen molar-refractivity contribution < 1.29 is 23.1 Å². The van der Waals surface area contributed by atoms with Gasteiger partial charge in [0.1, 0.15) is 5.78 Å². The zero-order chi connectivity index (χ0) is 38.1. The van der Waals surface area contributed by atoms with E-state index in [-0.39, 0.29) is 28.9 Å². The molecule has 0 fully saturated rings. The van der Waals surface area contributed by atoms with E-state index in [1.165, 1.54) is 51.6 Å². The number of carbonyl (C=O) groups excluding carboxylic acids is 2. The zero-order valence-corrected chi connectivity index (χ0v) is 31.6. The molecule has 5 N–H and O–H groups in total. The highest BCUT2D eigenvalue weighted by molar-refractivity contribution is 6.02. The lowest BCUT2D eigenvalue weighted by Crippen LogP contribution is -2.26. The minimum absolute atomic E-state index is 0.0311. The summed E-state index contributed by atoms with van der Waals surface area (Å²) in [6.07, 6.45) is 12.7. The number of aliphatic imine (C=N–C) groups is 1. The van der Waals surface area contributed by atoms with Crippen LogP contribution in [0.1, 0.15) is 116 Å². The molecule has 0 aromatic heterocycles. The highest BCUT2D eigenvalue weighted by Crippen LogP contribution is 2.27. The first-order valence-electron chi connectivity index (χ1n) is 16.7. The lowest BCUT2D eigenvalue weighted by molar-refractivity contribution is -0.118. The molecular formula is C40H60F2N4O3. The quantitative estimate of drug-likeness (QED) is 0.110. The van der Waals surface area contributed by atoms with Crippen molar-refractivity contribution in [1.82, 2.24) is 0 Å². The van der Waals surface area contributed by atoms with Crippen molar-refractivity contribution in [1.29, 1.82) is 0 Å². The number of allylic oxidation sites excluding steroid dienone is 6. The Morgan fingerprint density at radius 2 is 1.55 bits per heavy atom. The first kappa shape index (κ1) is 46.7. The van der Waals surface area contributed by atoms with Gasteiger partial charge in [0.25, 0.3) is 0 Å². The second kappa shape index (κ2) is 26.6. The van der Waals surface area contributed by atoms with Crippen LogP contribution in [0.2, 0.25) is 0 Å². The number of anilines is 1. The number of nitrogens with two attached hydrogens (primary N) is 2. The molecule has 0 heterocycles. The molecule has 0 amide bonds. The third-order valence-corrected chi connectivity index (χ3v) is 6.80. The van der Waals surface area contributed by atoms with E-state index in [2.05, 4.69) is 30.7 Å². The molecule has 0 aliphatic rings. The van der Waals surface area contributed by atoms with Gasteiger partial charge in [-0.25, -0.2) is 4.39 Å². The number of nitrogens with one attached hydrogen (secondary N) is 1. The highest BCUT2D eigenvalue weighted by Gasteiger charge is 2.15.